The van der Waals surface area contributed by atoms with Gasteiger partial charge >= 0.3 is 0 Å². The van der Waals surface area contributed by atoms with Crippen LogP contribution < -0.4 is 15.5 Å². The number of piperidine rings is 1. The number of amides is 1. The summed E-state index contributed by atoms with van der Waals surface area (Å²) in [5.74, 6) is 1.73. The lowest BCUT2D eigenvalue weighted by atomic mass is 10.1. The largest absolute Gasteiger partial charge is 0.356 e. The molecule has 2 heterocycles. The van der Waals surface area contributed by atoms with E-state index in [1.54, 1.807) is 19.0 Å². The number of nitrogens with one attached hydrogen (secondary N) is 2. The SMILES string of the molecule is CN(C)C(=O)CNC(=NCc1ccccc1)NC1CCN(c2ccccn2)CC1. The van der Waals surface area contributed by atoms with E-state index in [-0.39, 0.29) is 12.5 Å². The van der Waals surface area contributed by atoms with Crippen LogP contribution in [0.5, 0.6) is 0 Å². The summed E-state index contributed by atoms with van der Waals surface area (Å²) < 4.78 is 0. The van der Waals surface area contributed by atoms with Crippen LogP contribution in [0.15, 0.2) is 59.7 Å². The van der Waals surface area contributed by atoms with Gasteiger partial charge in [0.2, 0.25) is 5.91 Å². The maximum atomic E-state index is 12.0. The Labute approximate surface area is 172 Å². The van der Waals surface area contributed by atoms with E-state index in [0.717, 1.165) is 37.3 Å². The summed E-state index contributed by atoms with van der Waals surface area (Å²) in [5.41, 5.74) is 1.14. The van der Waals surface area contributed by atoms with Crippen molar-refractivity contribution in [3.63, 3.8) is 0 Å². The van der Waals surface area contributed by atoms with Crippen LogP contribution in [0.25, 0.3) is 0 Å². The van der Waals surface area contributed by atoms with Crippen molar-refractivity contribution in [3.8, 4) is 0 Å². The molecule has 7 nitrogen and oxygen atoms in total. The second-order valence-corrected chi connectivity index (χ2v) is 7.39. The Balaban J connectivity index is 1.58. The summed E-state index contributed by atoms with van der Waals surface area (Å²) in [6.07, 6.45) is 3.81. The molecule has 0 spiro atoms. The van der Waals surface area contributed by atoms with Gasteiger partial charge in [-0.3, -0.25) is 4.79 Å². The number of carbonyl (C=O) groups is 1. The van der Waals surface area contributed by atoms with Gasteiger partial charge in [0, 0.05) is 39.4 Å². The second kappa shape index (κ2) is 10.5. The van der Waals surface area contributed by atoms with Crippen molar-refractivity contribution in [2.75, 3.05) is 38.6 Å². The average molecular weight is 395 g/mol. The number of rotatable bonds is 6. The molecule has 1 aromatic heterocycles. The molecular weight excluding hydrogens is 364 g/mol. The summed E-state index contributed by atoms with van der Waals surface area (Å²) in [5, 5.41) is 6.70. The number of hydrogen-bond donors (Lipinski definition) is 2. The third-order valence-electron chi connectivity index (χ3n) is 4.98. The first kappa shape index (κ1) is 20.6. The van der Waals surface area contributed by atoms with Gasteiger partial charge in [-0.2, -0.15) is 0 Å². The first-order chi connectivity index (χ1) is 14.1. The molecule has 0 bridgehead atoms. The van der Waals surface area contributed by atoms with Crippen LogP contribution in [0.3, 0.4) is 0 Å². The number of carbonyl (C=O) groups excluding carboxylic acids is 1. The van der Waals surface area contributed by atoms with E-state index in [2.05, 4.69) is 38.7 Å². The van der Waals surface area contributed by atoms with Crippen molar-refractivity contribution in [1.29, 1.82) is 0 Å². The van der Waals surface area contributed by atoms with Crippen LogP contribution in [-0.2, 0) is 11.3 Å². The molecule has 3 rings (SSSR count). The van der Waals surface area contributed by atoms with E-state index in [0.29, 0.717) is 18.5 Å². The number of anilines is 1. The Bertz CT molecular complexity index is 785. The normalized spacial score (nSPS) is 15.1. The van der Waals surface area contributed by atoms with E-state index >= 15 is 0 Å². The number of likely N-dealkylation sites (N-methyl/N-ethyl adjacent to an activating group) is 1. The fourth-order valence-electron chi connectivity index (χ4n) is 3.21. The van der Waals surface area contributed by atoms with Gasteiger partial charge in [-0.25, -0.2) is 9.98 Å². The highest BCUT2D eigenvalue weighted by Gasteiger charge is 2.21. The Morgan fingerprint density at radius 1 is 1.14 bits per heavy atom. The van der Waals surface area contributed by atoms with Crippen molar-refractivity contribution in [3.05, 3.63) is 60.3 Å². The van der Waals surface area contributed by atoms with Crippen molar-refractivity contribution in [2.45, 2.75) is 25.4 Å². The standard InChI is InChI=1S/C22H30N6O/c1-27(2)21(29)17-25-22(24-16-18-8-4-3-5-9-18)26-19-11-14-28(15-12-19)20-10-6-7-13-23-20/h3-10,13,19H,11-12,14-17H2,1-2H3,(H2,24,25,26). The topological polar surface area (TPSA) is 72.9 Å². The molecular formula is C22H30N6O. The predicted octanol–water partition coefficient (Wildman–Crippen LogP) is 1.87. The maximum Gasteiger partial charge on any atom is 0.241 e. The Hall–Kier alpha value is -3.09. The monoisotopic (exact) mass is 394 g/mol. The number of aromatic nitrogens is 1. The van der Waals surface area contributed by atoms with Crippen molar-refractivity contribution in [1.82, 2.24) is 20.5 Å². The zero-order chi connectivity index (χ0) is 20.5. The van der Waals surface area contributed by atoms with Gasteiger partial charge in [-0.05, 0) is 30.5 Å². The van der Waals surface area contributed by atoms with Gasteiger partial charge in [0.15, 0.2) is 5.96 Å². The van der Waals surface area contributed by atoms with E-state index < -0.39 is 0 Å². The van der Waals surface area contributed by atoms with Crippen molar-refractivity contribution < 1.29 is 4.79 Å². The summed E-state index contributed by atoms with van der Waals surface area (Å²) >= 11 is 0. The van der Waals surface area contributed by atoms with Gasteiger partial charge < -0.3 is 20.4 Å². The van der Waals surface area contributed by atoms with E-state index in [4.69, 9.17) is 4.99 Å². The number of guanidine groups is 1. The fourth-order valence-corrected chi connectivity index (χ4v) is 3.21. The van der Waals surface area contributed by atoms with Gasteiger partial charge in [-0.15, -0.1) is 0 Å². The molecule has 1 saturated heterocycles. The molecule has 0 atom stereocenters. The smallest absolute Gasteiger partial charge is 0.241 e. The third kappa shape index (κ3) is 6.48. The second-order valence-electron chi connectivity index (χ2n) is 7.39. The molecule has 0 aliphatic carbocycles. The molecule has 1 aliphatic heterocycles. The molecule has 0 unspecified atom stereocenters. The lowest BCUT2D eigenvalue weighted by Crippen LogP contribution is -2.50. The number of benzene rings is 1. The molecule has 1 fully saturated rings. The van der Waals surface area contributed by atoms with E-state index in [1.165, 1.54) is 0 Å². The van der Waals surface area contributed by atoms with Crippen LogP contribution in [0.4, 0.5) is 5.82 Å². The van der Waals surface area contributed by atoms with Gasteiger partial charge in [-0.1, -0.05) is 36.4 Å². The van der Waals surface area contributed by atoms with Crippen LogP contribution >= 0.6 is 0 Å². The molecule has 2 aromatic rings. The summed E-state index contributed by atoms with van der Waals surface area (Å²) in [6.45, 7) is 2.67. The van der Waals surface area contributed by atoms with Crippen molar-refractivity contribution >= 4 is 17.7 Å². The van der Waals surface area contributed by atoms with E-state index in [1.807, 2.05) is 36.5 Å². The first-order valence-corrected chi connectivity index (χ1v) is 10.1. The Morgan fingerprint density at radius 2 is 1.86 bits per heavy atom. The minimum atomic E-state index is 0.0178. The van der Waals surface area contributed by atoms with Gasteiger partial charge in [0.1, 0.15) is 5.82 Å². The predicted molar refractivity (Wildman–Crippen MR) is 117 cm³/mol. The Kier molecular flexibility index (Phi) is 7.44. The number of hydrogen-bond acceptors (Lipinski definition) is 4. The maximum absolute atomic E-state index is 12.0. The minimum absolute atomic E-state index is 0.0178. The molecule has 1 aliphatic rings. The molecule has 154 valence electrons. The van der Waals surface area contributed by atoms with Crippen LogP contribution in [0, 0.1) is 0 Å². The lowest BCUT2D eigenvalue weighted by Gasteiger charge is -2.33. The van der Waals surface area contributed by atoms with Gasteiger partial charge in [0.05, 0.1) is 13.1 Å². The fraction of sp³-hybridized carbons (Fsp3) is 0.409. The molecule has 7 heteroatoms. The molecule has 29 heavy (non-hydrogen) atoms. The summed E-state index contributed by atoms with van der Waals surface area (Å²) in [4.78, 5) is 25.0. The highest BCUT2D eigenvalue weighted by atomic mass is 16.2. The van der Waals surface area contributed by atoms with E-state index in [9.17, 15) is 4.79 Å². The van der Waals surface area contributed by atoms with Gasteiger partial charge in [0.25, 0.3) is 0 Å². The minimum Gasteiger partial charge on any atom is -0.356 e. The Morgan fingerprint density at radius 3 is 2.52 bits per heavy atom. The quantitative estimate of drug-likeness (QED) is 0.578. The summed E-state index contributed by atoms with van der Waals surface area (Å²) in [6, 6.07) is 16.4. The molecule has 1 aromatic carbocycles. The van der Waals surface area contributed by atoms with Crippen LogP contribution in [0.1, 0.15) is 18.4 Å². The number of nitrogens with zero attached hydrogens (tertiary/aromatic N) is 4. The van der Waals surface area contributed by atoms with Crippen LogP contribution in [0.2, 0.25) is 0 Å². The number of pyridine rings is 1. The van der Waals surface area contributed by atoms with Crippen LogP contribution in [-0.4, -0.2) is 61.5 Å². The lowest BCUT2D eigenvalue weighted by molar-refractivity contribution is -0.127. The summed E-state index contributed by atoms with van der Waals surface area (Å²) in [7, 11) is 3.51. The molecule has 0 radical (unpaired) electrons. The highest BCUT2D eigenvalue weighted by molar-refractivity contribution is 5.86. The molecule has 2 N–H and O–H groups in total. The number of aliphatic imine (C=N–C) groups is 1. The van der Waals surface area contributed by atoms with Crippen molar-refractivity contribution in [2.24, 2.45) is 4.99 Å². The zero-order valence-electron chi connectivity index (χ0n) is 17.2. The molecule has 1 amide bonds. The molecule has 0 saturated carbocycles. The average Bonchev–Trinajstić information content (AvgIpc) is 2.77. The zero-order valence-corrected chi connectivity index (χ0v) is 17.2. The third-order valence-corrected chi connectivity index (χ3v) is 4.98. The highest BCUT2D eigenvalue weighted by Crippen LogP contribution is 2.17. The first-order valence-electron chi connectivity index (χ1n) is 10.1.